The molecule has 0 bridgehead atoms. The van der Waals surface area contributed by atoms with Gasteiger partial charge in [-0.25, -0.2) is 0 Å². The van der Waals surface area contributed by atoms with Crippen LogP contribution < -0.4 is 5.32 Å². The van der Waals surface area contributed by atoms with Crippen LogP contribution in [-0.4, -0.2) is 39.8 Å². The molecule has 1 aliphatic rings. The quantitative estimate of drug-likeness (QED) is 0.649. The summed E-state index contributed by atoms with van der Waals surface area (Å²) >= 11 is 0. The number of amides is 1. The predicted molar refractivity (Wildman–Crippen MR) is 90.3 cm³/mol. The van der Waals surface area contributed by atoms with Crippen molar-refractivity contribution in [3.05, 3.63) is 64.0 Å². The number of nitro benzene ring substituents is 1. The number of pyridine rings is 1. The van der Waals surface area contributed by atoms with E-state index in [0.717, 1.165) is 12.1 Å². The van der Waals surface area contributed by atoms with Gasteiger partial charge in [-0.05, 0) is 24.6 Å². The van der Waals surface area contributed by atoms with E-state index in [4.69, 9.17) is 0 Å². The number of carbonyl (C=O) groups excluding carboxylic acids is 1. The molecule has 2 heterocycles. The molecule has 1 aromatic heterocycles. The Morgan fingerprint density at radius 1 is 1.30 bits per heavy atom. The number of non-ortho nitro benzene ring substituents is 1. The standard InChI is InChI=1S/C17H15F3N4O3/c18-17(19,20)13-9-12(24(26)27)4-5-14(13)22-11-6-8-23(10-11)16(25)15-3-1-2-7-21-15/h1-5,7,9,11,22H,6,8,10H2. The van der Waals surface area contributed by atoms with Crippen molar-refractivity contribution in [3.8, 4) is 0 Å². The first-order chi connectivity index (χ1) is 12.8. The minimum absolute atomic E-state index is 0.212. The molecule has 1 aliphatic heterocycles. The van der Waals surface area contributed by atoms with Crippen LogP contribution in [0.3, 0.4) is 0 Å². The van der Waals surface area contributed by atoms with Crippen LogP contribution in [0.15, 0.2) is 42.6 Å². The Morgan fingerprint density at radius 2 is 2.07 bits per heavy atom. The lowest BCUT2D eigenvalue weighted by atomic mass is 10.1. The van der Waals surface area contributed by atoms with Gasteiger partial charge < -0.3 is 10.2 Å². The van der Waals surface area contributed by atoms with Crippen molar-refractivity contribution in [2.75, 3.05) is 18.4 Å². The maximum absolute atomic E-state index is 13.3. The fourth-order valence-electron chi connectivity index (χ4n) is 2.94. The van der Waals surface area contributed by atoms with E-state index in [2.05, 4.69) is 10.3 Å². The second kappa shape index (κ2) is 7.22. The van der Waals surface area contributed by atoms with E-state index in [1.165, 1.54) is 11.1 Å². The van der Waals surface area contributed by atoms with Crippen LogP contribution in [0.4, 0.5) is 24.5 Å². The van der Waals surface area contributed by atoms with Crippen molar-refractivity contribution in [1.82, 2.24) is 9.88 Å². The fraction of sp³-hybridized carbons (Fsp3) is 0.294. The number of carbonyl (C=O) groups is 1. The van der Waals surface area contributed by atoms with Crippen LogP contribution in [0.1, 0.15) is 22.5 Å². The van der Waals surface area contributed by atoms with Crippen molar-refractivity contribution < 1.29 is 22.9 Å². The van der Waals surface area contributed by atoms with Gasteiger partial charge in [0.2, 0.25) is 0 Å². The molecule has 1 fully saturated rings. The van der Waals surface area contributed by atoms with Crippen LogP contribution in [0, 0.1) is 10.1 Å². The summed E-state index contributed by atoms with van der Waals surface area (Å²) < 4.78 is 39.8. The van der Waals surface area contributed by atoms with E-state index in [-0.39, 0.29) is 23.8 Å². The highest BCUT2D eigenvalue weighted by molar-refractivity contribution is 5.92. The van der Waals surface area contributed by atoms with E-state index in [1.54, 1.807) is 18.2 Å². The van der Waals surface area contributed by atoms with Crippen molar-refractivity contribution in [2.24, 2.45) is 0 Å². The molecule has 1 amide bonds. The van der Waals surface area contributed by atoms with Gasteiger partial charge in [-0.1, -0.05) is 6.07 Å². The number of benzene rings is 1. The number of likely N-dealkylation sites (tertiary alicyclic amines) is 1. The molecule has 0 saturated carbocycles. The molecule has 7 nitrogen and oxygen atoms in total. The highest BCUT2D eigenvalue weighted by atomic mass is 19.4. The molecule has 27 heavy (non-hydrogen) atoms. The number of nitrogens with zero attached hydrogens (tertiary/aromatic N) is 3. The highest BCUT2D eigenvalue weighted by Gasteiger charge is 2.36. The summed E-state index contributed by atoms with van der Waals surface area (Å²) in [5, 5.41) is 13.5. The third-order valence-corrected chi connectivity index (χ3v) is 4.24. The molecular weight excluding hydrogens is 365 g/mol. The second-order valence-electron chi connectivity index (χ2n) is 6.08. The summed E-state index contributed by atoms with van der Waals surface area (Å²) in [5.41, 5.74) is -1.72. The van der Waals surface area contributed by atoms with Crippen molar-refractivity contribution in [3.63, 3.8) is 0 Å². The highest BCUT2D eigenvalue weighted by Crippen LogP contribution is 2.37. The van der Waals surface area contributed by atoms with Crippen LogP contribution in [0.25, 0.3) is 0 Å². The number of hydrogen-bond acceptors (Lipinski definition) is 5. The number of halogens is 3. The monoisotopic (exact) mass is 380 g/mol. The minimum atomic E-state index is -4.74. The molecule has 0 radical (unpaired) electrons. The number of hydrogen-bond donors (Lipinski definition) is 1. The SMILES string of the molecule is O=C(c1ccccn1)N1CCC(Nc2ccc([N+](=O)[O-])cc2C(F)(F)F)C1. The molecule has 3 rings (SSSR count). The van der Waals surface area contributed by atoms with Crippen LogP contribution in [-0.2, 0) is 6.18 Å². The van der Waals surface area contributed by atoms with E-state index in [9.17, 15) is 28.1 Å². The van der Waals surface area contributed by atoms with Gasteiger partial charge in [-0.15, -0.1) is 0 Å². The summed E-state index contributed by atoms with van der Waals surface area (Å²) in [6, 6.07) is 7.10. The largest absolute Gasteiger partial charge is 0.418 e. The maximum atomic E-state index is 13.3. The first-order valence-corrected chi connectivity index (χ1v) is 8.08. The van der Waals surface area contributed by atoms with Crippen molar-refractivity contribution in [1.29, 1.82) is 0 Å². The second-order valence-corrected chi connectivity index (χ2v) is 6.08. The fourth-order valence-corrected chi connectivity index (χ4v) is 2.94. The Bertz CT molecular complexity index is 858. The van der Waals surface area contributed by atoms with E-state index in [1.807, 2.05) is 0 Å². The van der Waals surface area contributed by atoms with Crippen LogP contribution in [0.5, 0.6) is 0 Å². The first kappa shape index (κ1) is 18.6. The third-order valence-electron chi connectivity index (χ3n) is 4.24. The number of aromatic nitrogens is 1. The number of rotatable bonds is 4. The van der Waals surface area contributed by atoms with Gasteiger partial charge in [-0.3, -0.25) is 19.9 Å². The molecule has 1 saturated heterocycles. The van der Waals surface area contributed by atoms with Gasteiger partial charge in [0.15, 0.2) is 0 Å². The van der Waals surface area contributed by atoms with E-state index >= 15 is 0 Å². The van der Waals surface area contributed by atoms with Crippen LogP contribution >= 0.6 is 0 Å². The van der Waals surface area contributed by atoms with Gasteiger partial charge in [-0.2, -0.15) is 13.2 Å². The lowest BCUT2D eigenvalue weighted by molar-refractivity contribution is -0.385. The molecule has 10 heteroatoms. The van der Waals surface area contributed by atoms with Crippen molar-refractivity contribution >= 4 is 17.3 Å². The number of nitrogens with one attached hydrogen (secondary N) is 1. The average Bonchev–Trinajstić information content (AvgIpc) is 3.09. The zero-order chi connectivity index (χ0) is 19.6. The van der Waals surface area contributed by atoms with E-state index in [0.29, 0.717) is 19.0 Å². The molecular formula is C17H15F3N4O3. The summed E-state index contributed by atoms with van der Waals surface area (Å²) in [6.07, 6.45) is -2.80. The summed E-state index contributed by atoms with van der Waals surface area (Å²) in [6.45, 7) is 0.588. The number of alkyl halides is 3. The van der Waals surface area contributed by atoms with Gasteiger partial charge in [0.25, 0.3) is 11.6 Å². The molecule has 0 spiro atoms. The summed E-state index contributed by atoms with van der Waals surface area (Å²) in [5.74, 6) is -0.292. The lowest BCUT2D eigenvalue weighted by Gasteiger charge is -2.20. The van der Waals surface area contributed by atoms with Crippen molar-refractivity contribution in [2.45, 2.75) is 18.6 Å². The van der Waals surface area contributed by atoms with Gasteiger partial charge in [0.05, 0.1) is 10.5 Å². The van der Waals surface area contributed by atoms with Gasteiger partial charge in [0.1, 0.15) is 5.69 Å². The van der Waals surface area contributed by atoms with Gasteiger partial charge in [0, 0.05) is 43.1 Å². The Hall–Kier alpha value is -3.17. The zero-order valence-electron chi connectivity index (χ0n) is 13.9. The third kappa shape index (κ3) is 4.15. The Labute approximate surface area is 152 Å². The van der Waals surface area contributed by atoms with Gasteiger partial charge >= 0.3 is 6.18 Å². The number of nitro groups is 1. The molecule has 1 unspecified atom stereocenters. The summed E-state index contributed by atoms with van der Waals surface area (Å²) in [4.78, 5) is 27.7. The molecule has 2 aromatic rings. The lowest BCUT2D eigenvalue weighted by Crippen LogP contribution is -2.32. The molecule has 1 atom stereocenters. The first-order valence-electron chi connectivity index (χ1n) is 8.08. The number of anilines is 1. The van der Waals surface area contributed by atoms with Crippen LogP contribution in [0.2, 0.25) is 0 Å². The van der Waals surface area contributed by atoms with E-state index < -0.39 is 28.4 Å². The maximum Gasteiger partial charge on any atom is 0.418 e. The smallest absolute Gasteiger partial charge is 0.380 e. The Balaban J connectivity index is 1.75. The minimum Gasteiger partial charge on any atom is -0.380 e. The normalized spacial score (nSPS) is 17.0. The zero-order valence-corrected chi connectivity index (χ0v) is 13.9. The molecule has 0 aliphatic carbocycles. The predicted octanol–water partition coefficient (Wildman–Crippen LogP) is 3.34. The summed E-state index contributed by atoms with van der Waals surface area (Å²) in [7, 11) is 0. The Morgan fingerprint density at radius 3 is 2.70 bits per heavy atom. The average molecular weight is 380 g/mol. The molecule has 1 N–H and O–H groups in total. The topological polar surface area (TPSA) is 88.4 Å². The Kier molecular flexibility index (Phi) is 4.98. The molecule has 142 valence electrons. The molecule has 1 aromatic carbocycles.